The Kier molecular flexibility index (Phi) is 9.83. The van der Waals surface area contributed by atoms with Crippen LogP contribution in [-0.4, -0.2) is 72.3 Å². The van der Waals surface area contributed by atoms with E-state index in [-0.39, 0.29) is 48.5 Å². The van der Waals surface area contributed by atoms with Gasteiger partial charge >= 0.3 is 6.09 Å². The van der Waals surface area contributed by atoms with E-state index in [0.29, 0.717) is 30.9 Å². The summed E-state index contributed by atoms with van der Waals surface area (Å²) >= 11 is 1.44. The van der Waals surface area contributed by atoms with Crippen LogP contribution in [-0.2, 0) is 19.1 Å². The van der Waals surface area contributed by atoms with Gasteiger partial charge in [-0.3, -0.25) is 14.4 Å². The molecule has 0 unspecified atom stereocenters. The molecule has 0 aromatic heterocycles. The molecule has 6 rings (SSSR count). The van der Waals surface area contributed by atoms with Gasteiger partial charge in [-0.25, -0.2) is 4.79 Å². The Labute approximate surface area is 287 Å². The Morgan fingerprint density at radius 3 is 2.42 bits per heavy atom. The summed E-state index contributed by atoms with van der Waals surface area (Å²) in [6.45, 7) is 8.50. The minimum atomic E-state index is -0.657. The number of nitrogens with one attached hydrogen (secondary N) is 1. The normalized spacial score (nSPS) is 19.4. The zero-order valence-electron chi connectivity index (χ0n) is 28.1. The zero-order chi connectivity index (χ0) is 34.0. The van der Waals surface area contributed by atoms with Crippen LogP contribution in [0.2, 0.25) is 0 Å². The maximum atomic E-state index is 14.9. The van der Waals surface area contributed by atoms with Gasteiger partial charge < -0.3 is 24.8 Å². The second kappa shape index (κ2) is 14.0. The van der Waals surface area contributed by atoms with Crippen molar-refractivity contribution in [3.05, 3.63) is 78.4 Å². The number of fused-ring (bicyclic) bond motifs is 1. The predicted molar refractivity (Wildman–Crippen MR) is 189 cm³/mol. The molecule has 4 amide bonds. The predicted octanol–water partition coefficient (Wildman–Crippen LogP) is 6.46. The van der Waals surface area contributed by atoms with Crippen LogP contribution >= 0.6 is 11.8 Å². The van der Waals surface area contributed by atoms with Gasteiger partial charge in [0.15, 0.2) is 0 Å². The lowest BCUT2D eigenvalue weighted by molar-refractivity contribution is -0.124. The van der Waals surface area contributed by atoms with E-state index >= 15 is 0 Å². The topological polar surface area (TPSA) is 99.3 Å². The molecule has 1 saturated carbocycles. The van der Waals surface area contributed by atoms with Crippen molar-refractivity contribution in [3.63, 3.8) is 0 Å². The number of amides is 4. The summed E-state index contributed by atoms with van der Waals surface area (Å²) in [6.07, 6.45) is 1.94. The van der Waals surface area contributed by atoms with Gasteiger partial charge in [0.1, 0.15) is 12.1 Å². The number of carbonyl (C=O) groups is 4. The maximum absolute atomic E-state index is 14.9. The van der Waals surface area contributed by atoms with Crippen molar-refractivity contribution < 1.29 is 23.9 Å². The standard InChI is InChI=1S/C38H44N4O5S/c1-5-39-34(43)23-41-32-21-29(16-17-33(32)48-24-35(41)44)42(28-14-15-28)36(45)31-22-40(37(46)47-38(2,3)4)19-18-30(31)27-13-9-12-26(20-27)25-10-7-6-8-11-25/h6-13,16-17,20-21,28,30-31H,5,14-15,18-19,22-24H2,1-4H3,(H,39,43)/t30-,31+/m1/s1. The van der Waals surface area contributed by atoms with E-state index in [1.54, 1.807) is 4.90 Å². The number of piperidine rings is 1. The molecule has 2 atom stereocenters. The fraction of sp³-hybridized carbons (Fsp3) is 0.421. The first-order valence-electron chi connectivity index (χ1n) is 16.8. The molecule has 1 aliphatic carbocycles. The Hall–Kier alpha value is -4.31. The van der Waals surface area contributed by atoms with Gasteiger partial charge in [-0.15, -0.1) is 11.8 Å². The molecule has 2 aliphatic heterocycles. The molecule has 9 nitrogen and oxygen atoms in total. The van der Waals surface area contributed by atoms with Crippen molar-refractivity contribution in [3.8, 4) is 11.1 Å². The number of anilines is 2. The van der Waals surface area contributed by atoms with E-state index in [1.807, 2.05) is 75.1 Å². The van der Waals surface area contributed by atoms with Gasteiger partial charge in [0.05, 0.1) is 17.4 Å². The minimum Gasteiger partial charge on any atom is -0.444 e. The van der Waals surface area contributed by atoms with Gasteiger partial charge in [-0.2, -0.15) is 0 Å². The number of likely N-dealkylation sites (N-methyl/N-ethyl adjacent to an activating group) is 1. The van der Waals surface area contributed by atoms with E-state index in [1.165, 1.54) is 16.7 Å². The van der Waals surface area contributed by atoms with Crippen molar-refractivity contribution >= 4 is 47.0 Å². The maximum Gasteiger partial charge on any atom is 0.410 e. The van der Waals surface area contributed by atoms with Crippen molar-refractivity contribution in [1.29, 1.82) is 0 Å². The van der Waals surface area contributed by atoms with Crippen molar-refractivity contribution in [1.82, 2.24) is 10.2 Å². The van der Waals surface area contributed by atoms with E-state index < -0.39 is 17.6 Å². The molecule has 0 bridgehead atoms. The number of likely N-dealkylation sites (tertiary alicyclic amines) is 1. The van der Waals surface area contributed by atoms with E-state index in [0.717, 1.165) is 34.4 Å². The first-order chi connectivity index (χ1) is 23.0. The average Bonchev–Trinajstić information content (AvgIpc) is 3.91. The lowest BCUT2D eigenvalue weighted by Crippen LogP contribution is -2.51. The second-order valence-corrected chi connectivity index (χ2v) is 14.8. The molecule has 0 spiro atoms. The summed E-state index contributed by atoms with van der Waals surface area (Å²) in [6, 6.07) is 24.4. The number of nitrogens with zero attached hydrogens (tertiary/aromatic N) is 3. The van der Waals surface area contributed by atoms with E-state index in [9.17, 15) is 19.2 Å². The van der Waals surface area contributed by atoms with Crippen LogP contribution in [0, 0.1) is 5.92 Å². The molecule has 2 fully saturated rings. The van der Waals surface area contributed by atoms with Crippen LogP contribution in [0.5, 0.6) is 0 Å². The Morgan fingerprint density at radius 2 is 1.71 bits per heavy atom. The van der Waals surface area contributed by atoms with Crippen LogP contribution in [0.1, 0.15) is 58.4 Å². The molecule has 252 valence electrons. The lowest BCUT2D eigenvalue weighted by atomic mass is 9.79. The van der Waals surface area contributed by atoms with Gasteiger partial charge in [0.25, 0.3) is 0 Å². The third-order valence-electron chi connectivity index (χ3n) is 8.99. The van der Waals surface area contributed by atoms with Crippen molar-refractivity contribution in [2.45, 2.75) is 69.4 Å². The van der Waals surface area contributed by atoms with Crippen molar-refractivity contribution in [2.24, 2.45) is 5.92 Å². The smallest absolute Gasteiger partial charge is 0.410 e. The molecule has 1 N–H and O–H groups in total. The first-order valence-corrected chi connectivity index (χ1v) is 17.8. The number of ether oxygens (including phenoxy) is 1. The molecule has 3 aromatic carbocycles. The van der Waals surface area contributed by atoms with Gasteiger partial charge in [-0.05, 0) is 87.8 Å². The highest BCUT2D eigenvalue weighted by Crippen LogP contribution is 2.43. The summed E-state index contributed by atoms with van der Waals surface area (Å²) in [5.41, 5.74) is 3.93. The second-order valence-electron chi connectivity index (χ2n) is 13.7. The number of carbonyl (C=O) groups excluding carboxylic acids is 4. The third-order valence-corrected chi connectivity index (χ3v) is 10.0. The molecule has 48 heavy (non-hydrogen) atoms. The molecular weight excluding hydrogens is 625 g/mol. The summed E-state index contributed by atoms with van der Waals surface area (Å²) < 4.78 is 5.75. The number of benzene rings is 3. The van der Waals surface area contributed by atoms with Gasteiger partial charge in [0, 0.05) is 36.3 Å². The molecule has 10 heteroatoms. The number of rotatable bonds is 8. The summed E-state index contributed by atoms with van der Waals surface area (Å²) in [7, 11) is 0. The fourth-order valence-electron chi connectivity index (χ4n) is 6.61. The molecule has 1 saturated heterocycles. The lowest BCUT2D eigenvalue weighted by Gasteiger charge is -2.41. The third kappa shape index (κ3) is 7.54. The Balaban J connectivity index is 1.35. The Bertz CT molecular complexity index is 1690. The first kappa shape index (κ1) is 33.6. The summed E-state index contributed by atoms with van der Waals surface area (Å²) in [5.74, 6) is -0.802. The fourth-order valence-corrected chi connectivity index (χ4v) is 7.53. The molecule has 2 heterocycles. The van der Waals surface area contributed by atoms with E-state index in [4.69, 9.17) is 4.74 Å². The molecule has 3 aromatic rings. The minimum absolute atomic E-state index is 0.0209. The molecular formula is C38H44N4O5S. The van der Waals surface area contributed by atoms with Crippen molar-refractivity contribution in [2.75, 3.05) is 41.7 Å². The number of hydrogen-bond donors (Lipinski definition) is 1. The molecule has 0 radical (unpaired) electrons. The monoisotopic (exact) mass is 668 g/mol. The Morgan fingerprint density at radius 1 is 0.958 bits per heavy atom. The quantitative estimate of drug-likeness (QED) is 0.296. The van der Waals surface area contributed by atoms with Gasteiger partial charge in [-0.1, -0.05) is 54.6 Å². The highest BCUT2D eigenvalue weighted by Gasteiger charge is 2.44. The largest absolute Gasteiger partial charge is 0.444 e. The SMILES string of the molecule is CCNC(=O)CN1C(=O)CSc2ccc(N(C(=O)[C@H]3CN(C(=O)OC(C)(C)C)CC[C@@H]3c3cccc(-c4ccccc4)c3)C3CC3)cc21. The zero-order valence-corrected chi connectivity index (χ0v) is 28.9. The highest BCUT2D eigenvalue weighted by molar-refractivity contribution is 8.00. The molecule has 3 aliphatic rings. The van der Waals surface area contributed by atoms with Crippen LogP contribution in [0.15, 0.2) is 77.7 Å². The van der Waals surface area contributed by atoms with Gasteiger partial charge in [0.2, 0.25) is 17.7 Å². The number of thioether (sulfide) groups is 1. The highest BCUT2D eigenvalue weighted by atomic mass is 32.2. The van der Waals surface area contributed by atoms with Crippen LogP contribution in [0.3, 0.4) is 0 Å². The van der Waals surface area contributed by atoms with E-state index in [2.05, 4.69) is 35.6 Å². The number of hydrogen-bond acceptors (Lipinski definition) is 6. The van der Waals surface area contributed by atoms with Crippen LogP contribution in [0.4, 0.5) is 16.2 Å². The van der Waals surface area contributed by atoms with Crippen LogP contribution < -0.4 is 15.1 Å². The summed E-state index contributed by atoms with van der Waals surface area (Å²) in [4.78, 5) is 59.8. The van der Waals surface area contributed by atoms with Crippen LogP contribution in [0.25, 0.3) is 11.1 Å². The summed E-state index contributed by atoms with van der Waals surface area (Å²) in [5, 5.41) is 2.79. The average molecular weight is 669 g/mol.